The maximum Gasteiger partial charge on any atom is 0.244 e. The number of rotatable bonds is 4. The third kappa shape index (κ3) is 5.47. The molecule has 0 aromatic carbocycles. The minimum Gasteiger partial charge on any atom is -0.366 e. The van der Waals surface area contributed by atoms with Gasteiger partial charge in [-0.25, -0.2) is 0 Å². The summed E-state index contributed by atoms with van der Waals surface area (Å²) in [4.78, 5) is 10.5. The van der Waals surface area contributed by atoms with Crippen LogP contribution in [0.25, 0.3) is 0 Å². The first-order valence-electron chi connectivity index (χ1n) is 3.98. The van der Waals surface area contributed by atoms with Crippen molar-refractivity contribution < 1.29 is 4.79 Å². The summed E-state index contributed by atoms with van der Waals surface area (Å²) >= 11 is 0. The third-order valence-electron chi connectivity index (χ3n) is 1.33. The van der Waals surface area contributed by atoms with Crippen LogP contribution >= 0.6 is 0 Å². The van der Waals surface area contributed by atoms with Gasteiger partial charge in [-0.3, -0.25) is 4.79 Å². The second-order valence-corrected chi connectivity index (χ2v) is 2.44. The summed E-state index contributed by atoms with van der Waals surface area (Å²) in [6, 6.07) is 0. The van der Waals surface area contributed by atoms with E-state index >= 15 is 0 Å². The SMILES string of the molecule is CC/C=C/C=C\C=C(/C)C(N)=O. The molecule has 0 rings (SSSR count). The van der Waals surface area contributed by atoms with E-state index < -0.39 is 0 Å². The number of hydrogen-bond acceptors (Lipinski definition) is 1. The first-order valence-corrected chi connectivity index (χ1v) is 3.98. The Bertz CT molecular complexity index is 224. The zero-order valence-electron chi connectivity index (χ0n) is 7.58. The van der Waals surface area contributed by atoms with Crippen LogP contribution in [-0.2, 0) is 4.79 Å². The average molecular weight is 165 g/mol. The van der Waals surface area contributed by atoms with Crippen molar-refractivity contribution in [3.63, 3.8) is 0 Å². The molecular weight excluding hydrogens is 150 g/mol. The van der Waals surface area contributed by atoms with Crippen molar-refractivity contribution >= 4 is 5.91 Å². The fraction of sp³-hybridized carbons (Fsp3) is 0.300. The lowest BCUT2D eigenvalue weighted by Gasteiger charge is -1.87. The molecule has 0 aliphatic carbocycles. The molecule has 1 amide bonds. The average Bonchev–Trinajstić information content (AvgIpc) is 2.03. The van der Waals surface area contributed by atoms with Gasteiger partial charge in [-0.05, 0) is 13.3 Å². The lowest BCUT2D eigenvalue weighted by molar-refractivity contribution is -0.114. The normalized spacial score (nSPS) is 13.0. The van der Waals surface area contributed by atoms with Crippen molar-refractivity contribution in [3.8, 4) is 0 Å². The number of carbonyl (C=O) groups is 1. The quantitative estimate of drug-likeness (QED) is 0.502. The summed E-state index contributed by atoms with van der Waals surface area (Å²) in [6.45, 7) is 3.76. The van der Waals surface area contributed by atoms with Gasteiger partial charge in [-0.2, -0.15) is 0 Å². The molecule has 66 valence electrons. The van der Waals surface area contributed by atoms with Crippen molar-refractivity contribution in [1.29, 1.82) is 0 Å². The number of hydrogen-bond donors (Lipinski definition) is 1. The molecule has 0 aliphatic heterocycles. The van der Waals surface area contributed by atoms with E-state index in [9.17, 15) is 4.79 Å². The maximum absolute atomic E-state index is 10.5. The van der Waals surface area contributed by atoms with Crippen molar-refractivity contribution in [1.82, 2.24) is 0 Å². The highest BCUT2D eigenvalue weighted by Crippen LogP contribution is 1.91. The summed E-state index contributed by atoms with van der Waals surface area (Å²) in [5.74, 6) is -0.376. The van der Waals surface area contributed by atoms with Crippen molar-refractivity contribution in [2.24, 2.45) is 5.73 Å². The summed E-state index contributed by atoms with van der Waals surface area (Å²) in [7, 11) is 0. The molecule has 0 fully saturated rings. The molecule has 2 nitrogen and oxygen atoms in total. The fourth-order valence-corrected chi connectivity index (χ4v) is 0.561. The van der Waals surface area contributed by atoms with E-state index in [0.29, 0.717) is 5.57 Å². The molecule has 0 radical (unpaired) electrons. The molecule has 0 unspecified atom stereocenters. The molecule has 2 N–H and O–H groups in total. The Labute approximate surface area is 73.5 Å². The number of primary amides is 1. The predicted octanol–water partition coefficient (Wildman–Crippen LogP) is 1.94. The minimum absolute atomic E-state index is 0.376. The van der Waals surface area contributed by atoms with Gasteiger partial charge >= 0.3 is 0 Å². The van der Waals surface area contributed by atoms with E-state index in [0.717, 1.165) is 6.42 Å². The fourth-order valence-electron chi connectivity index (χ4n) is 0.561. The first kappa shape index (κ1) is 10.7. The van der Waals surface area contributed by atoms with Crippen LogP contribution in [0.2, 0.25) is 0 Å². The second-order valence-electron chi connectivity index (χ2n) is 2.44. The van der Waals surface area contributed by atoms with Gasteiger partial charge in [0.15, 0.2) is 0 Å². The summed E-state index contributed by atoms with van der Waals surface area (Å²) < 4.78 is 0. The Morgan fingerprint density at radius 1 is 1.33 bits per heavy atom. The van der Waals surface area contributed by atoms with Gasteiger partial charge in [-0.15, -0.1) is 0 Å². The van der Waals surface area contributed by atoms with E-state index in [2.05, 4.69) is 6.92 Å². The lowest BCUT2D eigenvalue weighted by atomic mass is 10.2. The Morgan fingerprint density at radius 2 is 2.00 bits per heavy atom. The summed E-state index contributed by atoms with van der Waals surface area (Å²) in [5, 5.41) is 0. The van der Waals surface area contributed by atoms with Gasteiger partial charge in [-0.1, -0.05) is 37.3 Å². The monoisotopic (exact) mass is 165 g/mol. The summed E-state index contributed by atoms with van der Waals surface area (Å²) in [6.07, 6.45) is 10.3. The highest BCUT2D eigenvalue weighted by molar-refractivity contribution is 5.91. The molecule has 0 bridgehead atoms. The van der Waals surface area contributed by atoms with Crippen molar-refractivity contribution in [3.05, 3.63) is 36.0 Å². The predicted molar refractivity (Wildman–Crippen MR) is 51.5 cm³/mol. The van der Waals surface area contributed by atoms with Gasteiger partial charge in [0.2, 0.25) is 5.91 Å². The number of allylic oxidation sites excluding steroid dienone is 5. The van der Waals surface area contributed by atoms with Crippen LogP contribution in [0, 0.1) is 0 Å². The van der Waals surface area contributed by atoms with Crippen molar-refractivity contribution in [2.45, 2.75) is 20.3 Å². The van der Waals surface area contributed by atoms with Crippen LogP contribution in [0.5, 0.6) is 0 Å². The van der Waals surface area contributed by atoms with E-state index in [1.165, 1.54) is 0 Å². The van der Waals surface area contributed by atoms with E-state index in [1.807, 2.05) is 18.2 Å². The van der Waals surface area contributed by atoms with Gasteiger partial charge in [0.25, 0.3) is 0 Å². The molecule has 0 atom stereocenters. The smallest absolute Gasteiger partial charge is 0.244 e. The molecule has 0 heterocycles. The minimum atomic E-state index is -0.376. The van der Waals surface area contributed by atoms with Crippen LogP contribution in [0.15, 0.2) is 36.0 Å². The van der Waals surface area contributed by atoms with E-state index in [-0.39, 0.29) is 5.91 Å². The topological polar surface area (TPSA) is 43.1 Å². The standard InChI is InChI=1S/C10H15NO/c1-3-4-5-6-7-8-9(2)10(11)12/h4-8H,3H2,1-2H3,(H2,11,12)/b5-4+,7-6-,9-8+. The van der Waals surface area contributed by atoms with E-state index in [4.69, 9.17) is 5.73 Å². The highest BCUT2D eigenvalue weighted by Gasteiger charge is 1.91. The van der Waals surface area contributed by atoms with Crippen LogP contribution in [0.4, 0.5) is 0 Å². The lowest BCUT2D eigenvalue weighted by Crippen LogP contribution is -2.11. The first-order chi connectivity index (χ1) is 5.68. The van der Waals surface area contributed by atoms with Crippen molar-refractivity contribution in [2.75, 3.05) is 0 Å². The molecule has 0 aromatic heterocycles. The Hall–Kier alpha value is -1.31. The van der Waals surface area contributed by atoms with Crippen LogP contribution in [0.3, 0.4) is 0 Å². The van der Waals surface area contributed by atoms with E-state index in [1.54, 1.807) is 19.1 Å². The van der Waals surface area contributed by atoms with Crippen LogP contribution in [0.1, 0.15) is 20.3 Å². The number of nitrogens with two attached hydrogens (primary N) is 1. The Kier molecular flexibility index (Phi) is 5.70. The largest absolute Gasteiger partial charge is 0.366 e. The van der Waals surface area contributed by atoms with Crippen LogP contribution in [-0.4, -0.2) is 5.91 Å². The van der Waals surface area contributed by atoms with Crippen LogP contribution < -0.4 is 5.73 Å². The van der Waals surface area contributed by atoms with Gasteiger partial charge in [0, 0.05) is 5.57 Å². The van der Waals surface area contributed by atoms with Gasteiger partial charge in [0.1, 0.15) is 0 Å². The van der Waals surface area contributed by atoms with Gasteiger partial charge < -0.3 is 5.73 Å². The summed E-state index contributed by atoms with van der Waals surface area (Å²) in [5.41, 5.74) is 5.58. The molecule has 0 aromatic rings. The highest BCUT2D eigenvalue weighted by atomic mass is 16.1. The zero-order chi connectivity index (χ0) is 9.40. The Morgan fingerprint density at radius 3 is 2.50 bits per heavy atom. The molecule has 2 heteroatoms. The second kappa shape index (κ2) is 6.40. The molecule has 0 aliphatic rings. The maximum atomic E-state index is 10.5. The number of carbonyl (C=O) groups excluding carboxylic acids is 1. The molecular formula is C10H15NO. The molecule has 12 heavy (non-hydrogen) atoms. The third-order valence-corrected chi connectivity index (χ3v) is 1.33. The zero-order valence-corrected chi connectivity index (χ0v) is 7.58. The molecule has 0 spiro atoms. The number of amides is 1. The molecule has 0 saturated heterocycles. The Balaban J connectivity index is 3.95. The molecule has 0 saturated carbocycles. The van der Waals surface area contributed by atoms with Gasteiger partial charge in [0.05, 0.1) is 0 Å².